The van der Waals surface area contributed by atoms with Crippen LogP contribution in [0.3, 0.4) is 0 Å². The zero-order valence-corrected chi connectivity index (χ0v) is 12.3. The summed E-state index contributed by atoms with van der Waals surface area (Å²) in [5.41, 5.74) is 1.12. The van der Waals surface area contributed by atoms with Crippen LogP contribution in [-0.4, -0.2) is 17.2 Å². The lowest BCUT2D eigenvalue weighted by atomic mass is 9.73. The number of rotatable bonds is 2. The molecule has 0 radical (unpaired) electrons. The maximum atomic E-state index is 11.2. The van der Waals surface area contributed by atoms with E-state index in [1.54, 1.807) is 0 Å². The van der Waals surface area contributed by atoms with Crippen molar-refractivity contribution >= 4 is 0 Å². The molecule has 0 spiro atoms. The number of piperidine rings is 2. The molecule has 110 valence electrons. The first-order chi connectivity index (χ1) is 10.1. The van der Waals surface area contributed by atoms with E-state index in [2.05, 4.69) is 17.5 Å². The molecule has 1 aromatic rings. The van der Waals surface area contributed by atoms with Gasteiger partial charge in [0.2, 0.25) is 0 Å². The van der Waals surface area contributed by atoms with E-state index in [0.29, 0.717) is 12.1 Å². The Balaban J connectivity index is 1.67. The molecule has 2 saturated heterocycles. The smallest absolute Gasteiger partial charge is 0.0926 e. The lowest BCUT2D eigenvalue weighted by molar-refractivity contribution is -0.0359. The van der Waals surface area contributed by atoms with Gasteiger partial charge in [-0.1, -0.05) is 30.7 Å². The second-order valence-electron chi connectivity index (χ2n) is 7.21. The fourth-order valence-corrected chi connectivity index (χ4v) is 4.26. The fourth-order valence-electron chi connectivity index (χ4n) is 4.26. The van der Waals surface area contributed by atoms with Crippen LogP contribution in [0.15, 0.2) is 24.3 Å². The quantitative estimate of drug-likeness (QED) is 0.877. The normalized spacial score (nSPS) is 36.8. The highest BCUT2D eigenvalue weighted by Crippen LogP contribution is 2.49. The molecule has 2 heterocycles. The van der Waals surface area contributed by atoms with Gasteiger partial charge in [0.1, 0.15) is 0 Å². The topological polar surface area (TPSA) is 56.0 Å². The molecule has 1 aliphatic carbocycles. The second-order valence-corrected chi connectivity index (χ2v) is 7.21. The van der Waals surface area contributed by atoms with Gasteiger partial charge in [0.25, 0.3) is 0 Å². The zero-order chi connectivity index (χ0) is 14.5. The van der Waals surface area contributed by atoms with Gasteiger partial charge in [0.15, 0.2) is 0 Å². The van der Waals surface area contributed by atoms with Gasteiger partial charge in [-0.2, -0.15) is 5.26 Å². The van der Waals surface area contributed by atoms with Crippen LogP contribution in [0.5, 0.6) is 0 Å². The van der Waals surface area contributed by atoms with Gasteiger partial charge >= 0.3 is 0 Å². The summed E-state index contributed by atoms with van der Waals surface area (Å²) in [4.78, 5) is 0. The molecule has 3 aliphatic rings. The Morgan fingerprint density at radius 1 is 1.14 bits per heavy atom. The third-order valence-electron chi connectivity index (χ3n) is 5.66. The van der Waals surface area contributed by atoms with Gasteiger partial charge in [0.05, 0.1) is 17.1 Å². The molecular weight excluding hydrogens is 260 g/mol. The van der Waals surface area contributed by atoms with Crippen molar-refractivity contribution in [3.05, 3.63) is 35.4 Å². The number of aliphatic hydroxyl groups is 1. The molecule has 3 heteroatoms. The molecular formula is C18H22N2O. The standard InChI is InChI=1S/C18H22N2O/c19-12-17(7-8-17)13-3-1-4-14(9-13)18(21)10-15-5-2-6-16(11-18)20-15/h1,3-4,9,15-16,20-21H,2,5-8,10-11H2. The predicted molar refractivity (Wildman–Crippen MR) is 80.7 cm³/mol. The Kier molecular flexibility index (Phi) is 2.89. The Morgan fingerprint density at radius 2 is 1.81 bits per heavy atom. The number of fused-ring (bicyclic) bond motifs is 2. The molecule has 0 amide bonds. The minimum Gasteiger partial charge on any atom is -0.385 e. The molecule has 1 aromatic carbocycles. The van der Waals surface area contributed by atoms with E-state index in [9.17, 15) is 10.4 Å². The van der Waals surface area contributed by atoms with Crippen molar-refractivity contribution in [1.82, 2.24) is 5.32 Å². The van der Waals surface area contributed by atoms with Crippen molar-refractivity contribution in [2.45, 2.75) is 68.0 Å². The predicted octanol–water partition coefficient (Wildman–Crippen LogP) is 2.73. The molecule has 3 fully saturated rings. The van der Waals surface area contributed by atoms with Gasteiger partial charge in [0, 0.05) is 12.1 Å². The highest BCUT2D eigenvalue weighted by Gasteiger charge is 2.46. The first kappa shape index (κ1) is 13.3. The number of nitriles is 1. The molecule has 2 unspecified atom stereocenters. The summed E-state index contributed by atoms with van der Waals surface area (Å²) in [5, 5.41) is 24.2. The molecule has 2 aliphatic heterocycles. The van der Waals surface area contributed by atoms with E-state index < -0.39 is 5.60 Å². The van der Waals surface area contributed by atoms with Gasteiger partial charge in [-0.3, -0.25) is 0 Å². The summed E-state index contributed by atoms with van der Waals surface area (Å²) >= 11 is 0. The second kappa shape index (κ2) is 4.56. The van der Waals surface area contributed by atoms with Crippen molar-refractivity contribution in [2.24, 2.45) is 0 Å². The van der Waals surface area contributed by atoms with Crippen LogP contribution in [-0.2, 0) is 11.0 Å². The molecule has 2 N–H and O–H groups in total. The average Bonchev–Trinajstić information content (AvgIpc) is 3.28. The first-order valence-corrected chi connectivity index (χ1v) is 8.14. The maximum absolute atomic E-state index is 11.2. The minimum atomic E-state index is -0.720. The van der Waals surface area contributed by atoms with E-state index in [-0.39, 0.29) is 5.41 Å². The van der Waals surface area contributed by atoms with Crippen LogP contribution in [0.1, 0.15) is 56.1 Å². The summed E-state index contributed by atoms with van der Waals surface area (Å²) in [6, 6.07) is 11.5. The number of hydrogen-bond donors (Lipinski definition) is 2. The van der Waals surface area contributed by atoms with Crippen LogP contribution in [0.4, 0.5) is 0 Å². The van der Waals surface area contributed by atoms with Crippen LogP contribution >= 0.6 is 0 Å². The number of nitrogens with zero attached hydrogens (tertiary/aromatic N) is 1. The van der Waals surface area contributed by atoms with Gasteiger partial charge < -0.3 is 10.4 Å². The third kappa shape index (κ3) is 2.18. The minimum absolute atomic E-state index is 0.269. The third-order valence-corrected chi connectivity index (χ3v) is 5.66. The first-order valence-electron chi connectivity index (χ1n) is 8.14. The fraction of sp³-hybridized carbons (Fsp3) is 0.611. The monoisotopic (exact) mass is 282 g/mol. The molecule has 2 bridgehead atoms. The SMILES string of the molecule is N#CC1(c2cccc(C3(O)CC4CCCC(C3)N4)c2)CC1. The Labute approximate surface area is 126 Å². The summed E-state index contributed by atoms with van der Waals surface area (Å²) in [7, 11) is 0. The Bertz CT molecular complexity index is 587. The lowest BCUT2D eigenvalue weighted by Gasteiger charge is -2.45. The number of nitrogens with one attached hydrogen (secondary N) is 1. The molecule has 4 rings (SSSR count). The zero-order valence-electron chi connectivity index (χ0n) is 12.3. The Morgan fingerprint density at radius 3 is 2.43 bits per heavy atom. The molecule has 2 atom stereocenters. The summed E-state index contributed by atoms with van der Waals surface area (Å²) in [5.74, 6) is 0. The average molecular weight is 282 g/mol. The van der Waals surface area contributed by atoms with Crippen LogP contribution in [0.2, 0.25) is 0 Å². The maximum Gasteiger partial charge on any atom is 0.0926 e. The highest BCUT2D eigenvalue weighted by atomic mass is 16.3. The lowest BCUT2D eigenvalue weighted by Crippen LogP contribution is -2.54. The summed E-state index contributed by atoms with van der Waals surface area (Å²) in [6.45, 7) is 0. The van der Waals surface area contributed by atoms with Crippen molar-refractivity contribution < 1.29 is 5.11 Å². The van der Waals surface area contributed by atoms with E-state index >= 15 is 0 Å². The van der Waals surface area contributed by atoms with Gasteiger partial charge in [-0.25, -0.2) is 0 Å². The van der Waals surface area contributed by atoms with E-state index in [1.165, 1.54) is 19.3 Å². The Hall–Kier alpha value is -1.37. The van der Waals surface area contributed by atoms with E-state index in [0.717, 1.165) is 36.8 Å². The highest BCUT2D eigenvalue weighted by molar-refractivity contribution is 5.42. The van der Waals surface area contributed by atoms with Crippen molar-refractivity contribution in [1.29, 1.82) is 5.26 Å². The largest absolute Gasteiger partial charge is 0.385 e. The molecule has 1 saturated carbocycles. The number of hydrogen-bond acceptors (Lipinski definition) is 3. The van der Waals surface area contributed by atoms with Crippen LogP contribution < -0.4 is 5.32 Å². The van der Waals surface area contributed by atoms with Gasteiger partial charge in [-0.15, -0.1) is 0 Å². The molecule has 0 aromatic heterocycles. The van der Waals surface area contributed by atoms with Crippen molar-refractivity contribution in [2.75, 3.05) is 0 Å². The number of benzene rings is 1. The van der Waals surface area contributed by atoms with Crippen LogP contribution in [0.25, 0.3) is 0 Å². The summed E-state index contributed by atoms with van der Waals surface area (Å²) in [6.07, 6.45) is 7.12. The van der Waals surface area contributed by atoms with E-state index in [4.69, 9.17) is 0 Å². The van der Waals surface area contributed by atoms with Crippen molar-refractivity contribution in [3.8, 4) is 6.07 Å². The van der Waals surface area contributed by atoms with Crippen LogP contribution in [0, 0.1) is 11.3 Å². The van der Waals surface area contributed by atoms with E-state index in [1.807, 2.05) is 18.2 Å². The molecule has 3 nitrogen and oxygen atoms in total. The van der Waals surface area contributed by atoms with Crippen molar-refractivity contribution in [3.63, 3.8) is 0 Å². The summed E-state index contributed by atoms with van der Waals surface area (Å²) < 4.78 is 0. The molecule has 21 heavy (non-hydrogen) atoms. The van der Waals surface area contributed by atoms with Gasteiger partial charge in [-0.05, 0) is 49.7 Å².